The molecule has 0 aliphatic carbocycles. The van der Waals surface area contributed by atoms with E-state index in [4.69, 9.17) is 18.9 Å². The third-order valence-electron chi connectivity index (χ3n) is 7.72. The summed E-state index contributed by atoms with van der Waals surface area (Å²) in [5.74, 6) is -2.03. The quantitative estimate of drug-likeness (QED) is 0.0819. The predicted molar refractivity (Wildman–Crippen MR) is 181 cm³/mol. The molecule has 0 bridgehead atoms. The maximum absolute atomic E-state index is 13.4. The Balaban J connectivity index is 1.42. The molecule has 0 saturated heterocycles. The molecule has 1 aliphatic heterocycles. The molecular weight excluding hydrogens is 632 g/mol. The summed E-state index contributed by atoms with van der Waals surface area (Å²) in [6.07, 6.45) is -0.00272. The molecule has 4 rings (SSSR count). The van der Waals surface area contributed by atoms with Gasteiger partial charge in [-0.2, -0.15) is 5.26 Å². The Hall–Kier alpha value is -5.45. The van der Waals surface area contributed by atoms with E-state index in [9.17, 15) is 30.1 Å². The van der Waals surface area contributed by atoms with Crippen LogP contribution in [0.1, 0.15) is 45.1 Å². The maximum Gasteiger partial charge on any atom is 0.337 e. The molecule has 0 spiro atoms. The molecule has 13 heteroatoms. The Morgan fingerprint density at radius 3 is 2.51 bits per heavy atom. The molecule has 2 atom stereocenters. The number of nitrogens with one attached hydrogen (secondary N) is 2. The van der Waals surface area contributed by atoms with E-state index in [1.807, 2.05) is 48.5 Å². The number of esters is 2. The van der Waals surface area contributed by atoms with Crippen molar-refractivity contribution in [1.82, 2.24) is 10.6 Å². The summed E-state index contributed by atoms with van der Waals surface area (Å²) in [7, 11) is 1.13. The van der Waals surface area contributed by atoms with Crippen molar-refractivity contribution in [1.29, 1.82) is 5.26 Å². The first-order chi connectivity index (χ1) is 23.5. The second kappa shape index (κ2) is 17.1. The summed E-state index contributed by atoms with van der Waals surface area (Å²) in [6, 6.07) is 19.5. The van der Waals surface area contributed by atoms with Crippen LogP contribution in [0.25, 0.3) is 10.8 Å². The molecule has 258 valence electrons. The first-order valence-corrected chi connectivity index (χ1v) is 15.9. The minimum absolute atomic E-state index is 0.00867. The number of carbonyl (C=O) groups is 2. The number of methoxy groups -OCH3 is 1. The lowest BCUT2D eigenvalue weighted by Crippen LogP contribution is -2.33. The second-order valence-corrected chi connectivity index (χ2v) is 11.6. The van der Waals surface area contributed by atoms with E-state index >= 15 is 0 Å². The highest BCUT2D eigenvalue weighted by Crippen LogP contribution is 2.44. The van der Waals surface area contributed by atoms with Gasteiger partial charge in [-0.25, -0.2) is 9.59 Å². The summed E-state index contributed by atoms with van der Waals surface area (Å²) >= 11 is 0. The lowest BCUT2D eigenvalue weighted by molar-refractivity contribution is -0.384. The summed E-state index contributed by atoms with van der Waals surface area (Å²) in [6.45, 7) is 6.08. The van der Waals surface area contributed by atoms with Crippen LogP contribution in [0.15, 0.2) is 83.2 Å². The molecule has 49 heavy (non-hydrogen) atoms. The number of benzene rings is 3. The number of unbranched alkanes of at least 4 members (excludes halogenated alkanes) is 1. The SMILES string of the molecule is COC(=O)C1=C(C#N)NC(C)=C(C(=O)OC(C)C)C1c1cc([N+](=O)[O-])ccc1OCCCCNCC(O)COc1cccc2ccccc12. The van der Waals surface area contributed by atoms with Gasteiger partial charge in [0.2, 0.25) is 0 Å². The Morgan fingerprint density at radius 1 is 1.04 bits per heavy atom. The Kier molecular flexibility index (Phi) is 12.7. The van der Waals surface area contributed by atoms with Gasteiger partial charge >= 0.3 is 11.9 Å². The van der Waals surface area contributed by atoms with E-state index in [2.05, 4.69) is 10.6 Å². The Bertz CT molecular complexity index is 1790. The monoisotopic (exact) mass is 672 g/mol. The fourth-order valence-electron chi connectivity index (χ4n) is 5.48. The van der Waals surface area contributed by atoms with Crippen molar-refractivity contribution >= 4 is 28.4 Å². The fourth-order valence-corrected chi connectivity index (χ4v) is 5.48. The number of nitriles is 1. The molecule has 0 fully saturated rings. The van der Waals surface area contributed by atoms with E-state index in [0.717, 1.165) is 17.9 Å². The van der Waals surface area contributed by atoms with Gasteiger partial charge in [0.25, 0.3) is 5.69 Å². The van der Waals surface area contributed by atoms with Crippen LogP contribution >= 0.6 is 0 Å². The van der Waals surface area contributed by atoms with Gasteiger partial charge in [-0.15, -0.1) is 0 Å². The van der Waals surface area contributed by atoms with E-state index in [0.29, 0.717) is 31.7 Å². The summed E-state index contributed by atoms with van der Waals surface area (Å²) in [4.78, 5) is 37.6. The standard InChI is InChI=1S/C36H40N4O9/c1-22(2)49-36(43)32-23(3)39-29(19-37)34(35(42)46-4)33(32)28-18-25(40(44)45)14-15-31(28)47-17-8-7-16-38-20-26(41)21-48-30-13-9-11-24-10-5-6-12-27(24)30/h5-6,9-15,18,22,26,33,38-39,41H,7-8,16-17,20-21H2,1-4H3. The Morgan fingerprint density at radius 2 is 1.80 bits per heavy atom. The number of nitrogens with zero attached hydrogens (tertiary/aromatic N) is 2. The van der Waals surface area contributed by atoms with Gasteiger partial charge in [-0.05, 0) is 57.7 Å². The normalized spacial score (nSPS) is 15.0. The first kappa shape index (κ1) is 36.4. The van der Waals surface area contributed by atoms with Crippen molar-refractivity contribution in [3.8, 4) is 17.6 Å². The molecule has 0 saturated carbocycles. The molecule has 13 nitrogen and oxygen atoms in total. The highest BCUT2D eigenvalue weighted by molar-refractivity contribution is 6.00. The number of fused-ring (bicyclic) bond motifs is 1. The van der Waals surface area contributed by atoms with Crippen LogP contribution in [0, 0.1) is 21.4 Å². The van der Waals surface area contributed by atoms with Crippen LogP contribution < -0.4 is 20.1 Å². The minimum Gasteiger partial charge on any atom is -0.493 e. The fraction of sp³-hybridized carbons (Fsp3) is 0.361. The number of hydrogen-bond acceptors (Lipinski definition) is 12. The maximum atomic E-state index is 13.4. The van der Waals surface area contributed by atoms with Crippen molar-refractivity contribution in [2.24, 2.45) is 0 Å². The van der Waals surface area contributed by atoms with Crippen LogP contribution in [0.2, 0.25) is 0 Å². The zero-order chi connectivity index (χ0) is 35.5. The van der Waals surface area contributed by atoms with E-state index in [1.165, 1.54) is 18.2 Å². The number of dihydropyridines is 1. The van der Waals surface area contributed by atoms with Crippen molar-refractivity contribution in [3.63, 3.8) is 0 Å². The number of nitro benzene ring substituents is 1. The van der Waals surface area contributed by atoms with Crippen LogP contribution in [0.3, 0.4) is 0 Å². The topological polar surface area (TPSA) is 182 Å². The first-order valence-electron chi connectivity index (χ1n) is 15.9. The number of carbonyl (C=O) groups excluding carboxylic acids is 2. The largest absolute Gasteiger partial charge is 0.493 e. The highest BCUT2D eigenvalue weighted by atomic mass is 16.6. The molecule has 3 N–H and O–H groups in total. The lowest BCUT2D eigenvalue weighted by atomic mass is 9.79. The third-order valence-corrected chi connectivity index (χ3v) is 7.72. The van der Waals surface area contributed by atoms with Gasteiger partial charge < -0.3 is 34.7 Å². The van der Waals surface area contributed by atoms with Crippen molar-refractivity contribution in [2.45, 2.75) is 51.7 Å². The molecule has 0 aromatic heterocycles. The molecule has 0 amide bonds. The second-order valence-electron chi connectivity index (χ2n) is 11.6. The molecule has 3 aromatic carbocycles. The van der Waals surface area contributed by atoms with Crippen LogP contribution in [-0.2, 0) is 19.1 Å². The van der Waals surface area contributed by atoms with Gasteiger partial charge in [-0.3, -0.25) is 10.1 Å². The third kappa shape index (κ3) is 9.13. The van der Waals surface area contributed by atoms with Crippen molar-refractivity contribution in [2.75, 3.05) is 33.4 Å². The van der Waals surface area contributed by atoms with Crippen molar-refractivity contribution < 1.29 is 38.6 Å². The number of aliphatic hydroxyl groups excluding tert-OH is 1. The van der Waals surface area contributed by atoms with E-state index in [-0.39, 0.29) is 52.8 Å². The van der Waals surface area contributed by atoms with Crippen LogP contribution in [0.4, 0.5) is 5.69 Å². The number of hydrogen-bond donors (Lipinski definition) is 3. The predicted octanol–water partition coefficient (Wildman–Crippen LogP) is 4.80. The van der Waals surface area contributed by atoms with Crippen LogP contribution in [0.5, 0.6) is 11.5 Å². The number of rotatable bonds is 16. The smallest absolute Gasteiger partial charge is 0.337 e. The molecule has 2 unspecified atom stereocenters. The van der Waals surface area contributed by atoms with Gasteiger partial charge in [0, 0.05) is 35.3 Å². The molecule has 1 aliphatic rings. The Labute approximate surface area is 284 Å². The lowest BCUT2D eigenvalue weighted by Gasteiger charge is -2.30. The molecular formula is C36H40N4O9. The van der Waals surface area contributed by atoms with E-state index < -0.39 is 35.0 Å². The summed E-state index contributed by atoms with van der Waals surface area (Å²) in [5, 5.41) is 40.1. The van der Waals surface area contributed by atoms with E-state index in [1.54, 1.807) is 20.8 Å². The average Bonchev–Trinajstić information content (AvgIpc) is 3.08. The molecule has 3 aromatic rings. The molecule has 0 radical (unpaired) electrons. The zero-order valence-electron chi connectivity index (χ0n) is 27.9. The number of aliphatic hydroxyl groups is 1. The van der Waals surface area contributed by atoms with Crippen molar-refractivity contribution in [3.05, 3.63) is 98.9 Å². The van der Waals surface area contributed by atoms with Gasteiger partial charge in [0.15, 0.2) is 0 Å². The minimum atomic E-state index is -1.26. The van der Waals surface area contributed by atoms with Gasteiger partial charge in [0.1, 0.15) is 36.0 Å². The van der Waals surface area contributed by atoms with Gasteiger partial charge in [-0.1, -0.05) is 36.4 Å². The summed E-state index contributed by atoms with van der Waals surface area (Å²) < 4.78 is 22.4. The zero-order valence-corrected chi connectivity index (χ0v) is 27.9. The number of ether oxygens (including phenoxy) is 4. The number of non-ortho nitro benzene ring substituents is 1. The van der Waals surface area contributed by atoms with Gasteiger partial charge in [0.05, 0.1) is 41.8 Å². The molecule has 1 heterocycles. The number of nitro groups is 1. The van der Waals surface area contributed by atoms with Crippen LogP contribution in [-0.4, -0.2) is 67.6 Å². The average molecular weight is 673 g/mol. The number of allylic oxidation sites excluding steroid dienone is 2. The summed E-state index contributed by atoms with van der Waals surface area (Å²) in [5.41, 5.74) is -0.303. The highest BCUT2D eigenvalue weighted by Gasteiger charge is 2.41.